The third kappa shape index (κ3) is 2.37. The van der Waals surface area contributed by atoms with Crippen molar-refractivity contribution in [3.8, 4) is 0 Å². The van der Waals surface area contributed by atoms with Gasteiger partial charge in [-0.05, 0) is 24.5 Å². The normalized spacial score (nSPS) is 31.0. The van der Waals surface area contributed by atoms with Crippen LogP contribution in [0.3, 0.4) is 0 Å². The summed E-state index contributed by atoms with van der Waals surface area (Å²) in [6.07, 6.45) is 0.688. The second-order valence-corrected chi connectivity index (χ2v) is 6.33. The van der Waals surface area contributed by atoms with E-state index < -0.39 is 16.6 Å². The van der Waals surface area contributed by atoms with E-state index in [1.54, 1.807) is 13.0 Å². The van der Waals surface area contributed by atoms with Crippen LogP contribution in [-0.2, 0) is 9.63 Å². The minimum atomic E-state index is -1.19. The van der Waals surface area contributed by atoms with Gasteiger partial charge in [-0.25, -0.2) is 0 Å². The van der Waals surface area contributed by atoms with E-state index >= 15 is 0 Å². The van der Waals surface area contributed by atoms with Gasteiger partial charge in [0.15, 0.2) is 0 Å². The van der Waals surface area contributed by atoms with Gasteiger partial charge in [-0.15, -0.1) is 0 Å². The second kappa shape index (κ2) is 5.35. The molecule has 0 radical (unpaired) electrons. The largest absolute Gasteiger partial charge is 0.381 e. The Morgan fingerprint density at radius 2 is 2.18 bits per heavy atom. The van der Waals surface area contributed by atoms with Crippen LogP contribution in [0.25, 0.3) is 0 Å². The van der Waals surface area contributed by atoms with E-state index in [0.717, 1.165) is 5.56 Å². The van der Waals surface area contributed by atoms with Crippen molar-refractivity contribution >= 4 is 23.1 Å². The van der Waals surface area contributed by atoms with E-state index in [-0.39, 0.29) is 18.1 Å². The lowest BCUT2D eigenvalue weighted by molar-refractivity contribution is -0.523. The van der Waals surface area contributed by atoms with Gasteiger partial charge in [-0.1, -0.05) is 35.0 Å². The zero-order valence-electron chi connectivity index (χ0n) is 12.0. The Hall–Kier alpha value is -1.95. The first kappa shape index (κ1) is 15.0. The van der Waals surface area contributed by atoms with Gasteiger partial charge in [0.25, 0.3) is 6.04 Å². The van der Waals surface area contributed by atoms with E-state index in [0.29, 0.717) is 23.6 Å². The number of hydrogen-bond donors (Lipinski definition) is 0. The number of oxime groups is 1. The molecule has 0 bridgehead atoms. The fraction of sp³-hybridized carbons (Fsp3) is 0.467. The van der Waals surface area contributed by atoms with Crippen LogP contribution in [0.15, 0.2) is 29.4 Å². The summed E-state index contributed by atoms with van der Waals surface area (Å²) in [6.45, 7) is 1.56. The number of ketones is 1. The summed E-state index contributed by atoms with van der Waals surface area (Å²) in [6, 6.07) is 6.18. The molecule has 22 heavy (non-hydrogen) atoms. The molecule has 1 aromatic rings. The molecule has 1 heterocycles. The highest BCUT2D eigenvalue weighted by molar-refractivity contribution is 6.31. The van der Waals surface area contributed by atoms with Crippen molar-refractivity contribution < 1.29 is 14.6 Å². The van der Waals surface area contributed by atoms with Crippen molar-refractivity contribution in [2.45, 2.75) is 43.7 Å². The summed E-state index contributed by atoms with van der Waals surface area (Å²) in [7, 11) is 0. The fourth-order valence-corrected chi connectivity index (χ4v) is 3.82. The van der Waals surface area contributed by atoms with Crippen molar-refractivity contribution in [1.29, 1.82) is 0 Å². The molecule has 0 aromatic heterocycles. The predicted molar refractivity (Wildman–Crippen MR) is 80.8 cm³/mol. The maximum Gasteiger partial charge on any atom is 0.295 e. The van der Waals surface area contributed by atoms with E-state index in [9.17, 15) is 14.9 Å². The van der Waals surface area contributed by atoms with Crippen molar-refractivity contribution in [3.63, 3.8) is 0 Å². The van der Waals surface area contributed by atoms with Gasteiger partial charge in [0, 0.05) is 22.8 Å². The molecule has 1 saturated carbocycles. The molecular formula is C15H15ClN2O4. The van der Waals surface area contributed by atoms with E-state index in [1.807, 2.05) is 18.2 Å². The molecule has 0 N–H and O–H groups in total. The number of carbonyl (C=O) groups excluding carboxylic acids is 1. The fourth-order valence-electron chi connectivity index (χ4n) is 3.53. The Labute approximate surface area is 132 Å². The molecule has 1 aliphatic heterocycles. The van der Waals surface area contributed by atoms with Gasteiger partial charge >= 0.3 is 0 Å². The van der Waals surface area contributed by atoms with Crippen molar-refractivity contribution in [1.82, 2.24) is 0 Å². The van der Waals surface area contributed by atoms with Crippen molar-refractivity contribution in [3.05, 3.63) is 45.0 Å². The number of Topliss-reactive ketones (excluding diaryl/α,β-unsaturated/α-hetero) is 1. The highest BCUT2D eigenvalue weighted by Crippen LogP contribution is 2.45. The van der Waals surface area contributed by atoms with E-state index in [1.165, 1.54) is 0 Å². The molecule has 116 valence electrons. The van der Waals surface area contributed by atoms with Gasteiger partial charge in [0.05, 0.1) is 6.42 Å². The second-order valence-electron chi connectivity index (χ2n) is 5.92. The summed E-state index contributed by atoms with van der Waals surface area (Å²) in [5.74, 6) is -0.258. The third-order valence-electron chi connectivity index (χ3n) is 4.38. The van der Waals surface area contributed by atoms with Crippen LogP contribution >= 0.6 is 11.6 Å². The van der Waals surface area contributed by atoms with Crippen LogP contribution in [0.4, 0.5) is 0 Å². The van der Waals surface area contributed by atoms with Crippen LogP contribution in [0.1, 0.15) is 37.7 Å². The number of benzene rings is 1. The molecule has 1 spiro atoms. The average molecular weight is 323 g/mol. The summed E-state index contributed by atoms with van der Waals surface area (Å²) >= 11 is 6.21. The van der Waals surface area contributed by atoms with Gasteiger partial charge < -0.3 is 4.84 Å². The van der Waals surface area contributed by atoms with Gasteiger partial charge in [0.1, 0.15) is 11.5 Å². The van der Waals surface area contributed by atoms with Gasteiger partial charge in [-0.3, -0.25) is 14.9 Å². The Bertz CT molecular complexity index is 675. The molecule has 7 heteroatoms. The average Bonchev–Trinajstić information content (AvgIpc) is 2.74. The van der Waals surface area contributed by atoms with E-state index in [2.05, 4.69) is 5.16 Å². The number of nitro groups is 1. The molecule has 3 atom stereocenters. The standard InChI is InChI=1S/C15H15ClN2O4/c1-9-14(18(20)21)15(22-17-9)7-10(6-11(19)8-15)12-4-2-3-5-13(12)16/h2-5,10,14H,6-8H2,1H3/t10-,14-,15+/m0/s1. The van der Waals surface area contributed by atoms with Crippen LogP contribution in [0.2, 0.25) is 5.02 Å². The number of carbonyl (C=O) groups is 1. The molecule has 0 saturated heterocycles. The molecule has 1 aliphatic carbocycles. The highest BCUT2D eigenvalue weighted by atomic mass is 35.5. The molecule has 3 rings (SSSR count). The first-order valence-corrected chi connectivity index (χ1v) is 7.43. The summed E-state index contributed by atoms with van der Waals surface area (Å²) in [5.41, 5.74) is -0.0586. The molecule has 6 nitrogen and oxygen atoms in total. The Morgan fingerprint density at radius 1 is 1.45 bits per heavy atom. The molecule has 1 aromatic carbocycles. The lowest BCUT2D eigenvalue weighted by atomic mass is 9.71. The number of nitrogens with zero attached hydrogens (tertiary/aromatic N) is 2. The Kier molecular flexibility index (Phi) is 3.64. The van der Waals surface area contributed by atoms with Crippen molar-refractivity contribution in [2.75, 3.05) is 0 Å². The zero-order chi connectivity index (χ0) is 15.9. The predicted octanol–water partition coefficient (Wildman–Crippen LogP) is 2.97. The minimum absolute atomic E-state index is 0.0143. The minimum Gasteiger partial charge on any atom is -0.381 e. The van der Waals surface area contributed by atoms with Crippen LogP contribution in [-0.4, -0.2) is 28.1 Å². The molecule has 0 amide bonds. The van der Waals surface area contributed by atoms with Crippen LogP contribution in [0.5, 0.6) is 0 Å². The summed E-state index contributed by atoms with van der Waals surface area (Å²) < 4.78 is 0. The smallest absolute Gasteiger partial charge is 0.295 e. The number of rotatable bonds is 2. The van der Waals surface area contributed by atoms with Gasteiger partial charge in [-0.2, -0.15) is 0 Å². The Morgan fingerprint density at radius 3 is 2.86 bits per heavy atom. The third-order valence-corrected chi connectivity index (χ3v) is 4.73. The topological polar surface area (TPSA) is 81.8 Å². The summed E-state index contributed by atoms with van der Waals surface area (Å²) in [4.78, 5) is 28.6. The van der Waals surface area contributed by atoms with E-state index in [4.69, 9.17) is 16.4 Å². The van der Waals surface area contributed by atoms with Crippen molar-refractivity contribution in [2.24, 2.45) is 5.16 Å². The molecule has 2 aliphatic rings. The monoisotopic (exact) mass is 322 g/mol. The first-order chi connectivity index (χ1) is 10.4. The first-order valence-electron chi connectivity index (χ1n) is 7.05. The summed E-state index contributed by atoms with van der Waals surface area (Å²) in [5, 5.41) is 15.8. The quantitative estimate of drug-likeness (QED) is 0.619. The number of hydrogen-bond acceptors (Lipinski definition) is 5. The number of halogens is 1. The maximum absolute atomic E-state index is 12.2. The lowest BCUT2D eigenvalue weighted by Crippen LogP contribution is -2.52. The van der Waals surface area contributed by atoms with Crippen LogP contribution in [0, 0.1) is 10.1 Å². The van der Waals surface area contributed by atoms with Crippen LogP contribution < -0.4 is 0 Å². The molecule has 1 fully saturated rings. The molecular weight excluding hydrogens is 308 g/mol. The van der Waals surface area contributed by atoms with Gasteiger partial charge in [0.2, 0.25) is 5.60 Å². The highest BCUT2D eigenvalue weighted by Gasteiger charge is 2.59. The maximum atomic E-state index is 12.2. The lowest BCUT2D eigenvalue weighted by Gasteiger charge is -2.35. The zero-order valence-corrected chi connectivity index (χ0v) is 12.7. The molecule has 0 unspecified atom stereocenters. The Balaban J connectivity index is 1.97. The SMILES string of the molecule is CC1=NO[C@]2(CC(=O)C[C@H](c3ccccc3Cl)C2)[C@H]1[N+](=O)[O-].